The molecular formula is C17H23N3O3. The summed E-state index contributed by atoms with van der Waals surface area (Å²) >= 11 is 0. The maximum atomic E-state index is 12.2. The molecule has 1 fully saturated rings. The largest absolute Gasteiger partial charge is 0.444 e. The Morgan fingerprint density at radius 3 is 2.39 bits per heavy atom. The van der Waals surface area contributed by atoms with Crippen LogP contribution in [0.1, 0.15) is 26.3 Å². The molecule has 2 amide bonds. The highest BCUT2D eigenvalue weighted by Crippen LogP contribution is 2.12. The SMILES string of the molecule is CC(C)(C)OC(=O)N1CCN(C(=O)C=Cc2cccnc2)CC1. The van der Waals surface area contributed by atoms with E-state index in [1.807, 2.05) is 32.9 Å². The average Bonchev–Trinajstić information content (AvgIpc) is 2.52. The van der Waals surface area contributed by atoms with Crippen molar-refractivity contribution < 1.29 is 14.3 Å². The molecule has 23 heavy (non-hydrogen) atoms. The van der Waals surface area contributed by atoms with Crippen LogP contribution in [0.3, 0.4) is 0 Å². The normalized spacial score (nSPS) is 15.8. The van der Waals surface area contributed by atoms with Gasteiger partial charge in [0.15, 0.2) is 0 Å². The average molecular weight is 317 g/mol. The Morgan fingerprint density at radius 1 is 1.17 bits per heavy atom. The number of aromatic nitrogens is 1. The molecule has 0 unspecified atom stereocenters. The molecule has 1 aromatic rings. The van der Waals surface area contributed by atoms with Crippen molar-refractivity contribution in [1.29, 1.82) is 0 Å². The number of rotatable bonds is 2. The third-order valence-electron chi connectivity index (χ3n) is 3.35. The fourth-order valence-electron chi connectivity index (χ4n) is 2.18. The maximum Gasteiger partial charge on any atom is 0.410 e. The zero-order valence-electron chi connectivity index (χ0n) is 13.9. The molecule has 1 aromatic heterocycles. The van der Waals surface area contributed by atoms with Crippen LogP contribution in [-0.2, 0) is 9.53 Å². The van der Waals surface area contributed by atoms with E-state index in [1.54, 1.807) is 34.3 Å². The van der Waals surface area contributed by atoms with Gasteiger partial charge in [-0.15, -0.1) is 0 Å². The fourth-order valence-corrected chi connectivity index (χ4v) is 2.18. The lowest BCUT2D eigenvalue weighted by atomic mass is 10.2. The van der Waals surface area contributed by atoms with E-state index in [9.17, 15) is 9.59 Å². The quantitative estimate of drug-likeness (QED) is 0.784. The number of hydrogen-bond acceptors (Lipinski definition) is 4. The highest BCUT2D eigenvalue weighted by Gasteiger charge is 2.26. The van der Waals surface area contributed by atoms with Crippen molar-refractivity contribution in [1.82, 2.24) is 14.8 Å². The maximum absolute atomic E-state index is 12.2. The molecule has 6 nitrogen and oxygen atoms in total. The van der Waals surface area contributed by atoms with Gasteiger partial charge in [0.05, 0.1) is 0 Å². The van der Waals surface area contributed by atoms with E-state index in [-0.39, 0.29) is 12.0 Å². The van der Waals surface area contributed by atoms with E-state index in [0.717, 1.165) is 5.56 Å². The van der Waals surface area contributed by atoms with Gasteiger partial charge in [-0.2, -0.15) is 0 Å². The second-order valence-corrected chi connectivity index (χ2v) is 6.41. The molecule has 0 aromatic carbocycles. The van der Waals surface area contributed by atoms with Crippen LogP contribution in [0.2, 0.25) is 0 Å². The molecule has 0 aliphatic carbocycles. The van der Waals surface area contributed by atoms with Crippen LogP contribution < -0.4 is 0 Å². The van der Waals surface area contributed by atoms with Gasteiger partial charge in [-0.05, 0) is 38.5 Å². The number of hydrogen-bond donors (Lipinski definition) is 0. The van der Waals surface area contributed by atoms with Crippen LogP contribution in [0.25, 0.3) is 6.08 Å². The van der Waals surface area contributed by atoms with Gasteiger partial charge in [-0.3, -0.25) is 9.78 Å². The Balaban J connectivity index is 1.83. The first-order valence-electron chi connectivity index (χ1n) is 7.70. The first kappa shape index (κ1) is 17.0. The Morgan fingerprint density at radius 2 is 1.83 bits per heavy atom. The summed E-state index contributed by atoms with van der Waals surface area (Å²) in [6.45, 7) is 7.52. The van der Waals surface area contributed by atoms with Crippen molar-refractivity contribution in [3.63, 3.8) is 0 Å². The van der Waals surface area contributed by atoms with E-state index in [1.165, 1.54) is 0 Å². The van der Waals surface area contributed by atoms with Gasteiger partial charge in [0.25, 0.3) is 0 Å². The molecule has 124 valence electrons. The van der Waals surface area contributed by atoms with Crippen LogP contribution >= 0.6 is 0 Å². The fraction of sp³-hybridized carbons (Fsp3) is 0.471. The molecule has 0 spiro atoms. The second kappa shape index (κ2) is 7.26. The molecule has 0 radical (unpaired) electrons. The van der Waals surface area contributed by atoms with Crippen LogP contribution in [0.15, 0.2) is 30.6 Å². The Labute approximate surface area is 136 Å². The monoisotopic (exact) mass is 317 g/mol. The topological polar surface area (TPSA) is 62.7 Å². The molecule has 0 atom stereocenters. The molecule has 1 saturated heterocycles. The molecule has 0 bridgehead atoms. The van der Waals surface area contributed by atoms with Crippen molar-refractivity contribution in [2.75, 3.05) is 26.2 Å². The molecule has 0 N–H and O–H groups in total. The van der Waals surface area contributed by atoms with Crippen LogP contribution in [-0.4, -0.2) is 58.6 Å². The summed E-state index contributed by atoms with van der Waals surface area (Å²) in [6.07, 6.45) is 6.35. The Bertz CT molecular complexity index is 570. The Kier molecular flexibility index (Phi) is 5.36. The van der Waals surface area contributed by atoms with Crippen LogP contribution in [0.4, 0.5) is 4.79 Å². The van der Waals surface area contributed by atoms with E-state index in [4.69, 9.17) is 4.74 Å². The van der Waals surface area contributed by atoms with Crippen LogP contribution in [0, 0.1) is 0 Å². The number of pyridine rings is 1. The van der Waals surface area contributed by atoms with Crippen LogP contribution in [0.5, 0.6) is 0 Å². The summed E-state index contributed by atoms with van der Waals surface area (Å²) < 4.78 is 5.34. The van der Waals surface area contributed by atoms with E-state index >= 15 is 0 Å². The molecule has 0 saturated carbocycles. The number of ether oxygens (including phenoxy) is 1. The van der Waals surface area contributed by atoms with Crippen molar-refractivity contribution in [3.05, 3.63) is 36.2 Å². The molecule has 6 heteroatoms. The number of carbonyl (C=O) groups excluding carboxylic acids is 2. The Hall–Kier alpha value is -2.37. The number of nitrogens with zero attached hydrogens (tertiary/aromatic N) is 3. The third kappa shape index (κ3) is 5.39. The van der Waals surface area contributed by atoms with Gasteiger partial charge < -0.3 is 14.5 Å². The summed E-state index contributed by atoms with van der Waals surface area (Å²) in [5.41, 5.74) is 0.379. The van der Waals surface area contributed by atoms with Crippen molar-refractivity contribution in [2.45, 2.75) is 26.4 Å². The number of piperazine rings is 1. The molecule has 1 aliphatic rings. The highest BCUT2D eigenvalue weighted by molar-refractivity contribution is 5.91. The lowest BCUT2D eigenvalue weighted by molar-refractivity contribution is -0.127. The van der Waals surface area contributed by atoms with E-state index in [0.29, 0.717) is 26.2 Å². The number of amides is 2. The molecule has 2 heterocycles. The smallest absolute Gasteiger partial charge is 0.410 e. The minimum atomic E-state index is -0.503. The zero-order valence-corrected chi connectivity index (χ0v) is 13.9. The standard InChI is InChI=1S/C17H23N3O3/c1-17(2,3)23-16(22)20-11-9-19(10-12-20)15(21)7-6-14-5-4-8-18-13-14/h4-8,13H,9-12H2,1-3H3. The lowest BCUT2D eigenvalue weighted by Gasteiger charge is -2.35. The minimum absolute atomic E-state index is 0.0577. The summed E-state index contributed by atoms with van der Waals surface area (Å²) in [6, 6.07) is 3.71. The summed E-state index contributed by atoms with van der Waals surface area (Å²) in [7, 11) is 0. The van der Waals surface area contributed by atoms with E-state index in [2.05, 4.69) is 4.98 Å². The van der Waals surface area contributed by atoms with Gasteiger partial charge in [-0.25, -0.2) is 4.79 Å². The van der Waals surface area contributed by atoms with Gasteiger partial charge in [0, 0.05) is 44.6 Å². The zero-order chi connectivity index (χ0) is 16.9. The van der Waals surface area contributed by atoms with Crippen molar-refractivity contribution in [2.24, 2.45) is 0 Å². The summed E-state index contributed by atoms with van der Waals surface area (Å²) in [4.78, 5) is 31.5. The number of carbonyl (C=O) groups is 2. The molecular weight excluding hydrogens is 294 g/mol. The lowest BCUT2D eigenvalue weighted by Crippen LogP contribution is -2.51. The van der Waals surface area contributed by atoms with Gasteiger partial charge in [0.2, 0.25) is 5.91 Å². The van der Waals surface area contributed by atoms with Crippen molar-refractivity contribution in [3.8, 4) is 0 Å². The van der Waals surface area contributed by atoms with Gasteiger partial charge >= 0.3 is 6.09 Å². The molecule has 2 rings (SSSR count). The predicted molar refractivity (Wildman–Crippen MR) is 87.7 cm³/mol. The first-order valence-corrected chi connectivity index (χ1v) is 7.70. The van der Waals surface area contributed by atoms with Gasteiger partial charge in [-0.1, -0.05) is 6.07 Å². The summed E-state index contributed by atoms with van der Waals surface area (Å²) in [5.74, 6) is -0.0577. The highest BCUT2D eigenvalue weighted by atomic mass is 16.6. The molecule has 1 aliphatic heterocycles. The minimum Gasteiger partial charge on any atom is -0.444 e. The third-order valence-corrected chi connectivity index (χ3v) is 3.35. The van der Waals surface area contributed by atoms with E-state index < -0.39 is 5.60 Å². The van der Waals surface area contributed by atoms with Gasteiger partial charge in [0.1, 0.15) is 5.60 Å². The second-order valence-electron chi connectivity index (χ2n) is 6.41. The predicted octanol–water partition coefficient (Wildman–Crippen LogP) is 2.17. The van der Waals surface area contributed by atoms with Crippen molar-refractivity contribution >= 4 is 18.1 Å². The summed E-state index contributed by atoms with van der Waals surface area (Å²) in [5, 5.41) is 0. The first-order chi connectivity index (χ1) is 10.8.